The van der Waals surface area contributed by atoms with Crippen molar-refractivity contribution in [3.63, 3.8) is 0 Å². The third-order valence-electron chi connectivity index (χ3n) is 2.78. The molecular formula is C10H15N3O. The van der Waals surface area contributed by atoms with E-state index in [1.165, 1.54) is 18.5 Å². The Balaban J connectivity index is 2.13. The van der Waals surface area contributed by atoms with E-state index in [0.29, 0.717) is 6.54 Å². The molecular weight excluding hydrogens is 178 g/mol. The van der Waals surface area contributed by atoms with Gasteiger partial charge in [0.05, 0.1) is 0 Å². The van der Waals surface area contributed by atoms with Crippen LogP contribution in [0, 0.1) is 0 Å². The van der Waals surface area contributed by atoms with Gasteiger partial charge in [0, 0.05) is 24.4 Å². The number of carbonyl (C=O) groups is 1. The molecule has 0 aromatic heterocycles. The minimum absolute atomic E-state index is 0.175. The van der Waals surface area contributed by atoms with Crippen molar-refractivity contribution in [2.24, 2.45) is 5.84 Å². The number of hydrogen-bond acceptors (Lipinski definition) is 3. The van der Waals surface area contributed by atoms with Crippen LogP contribution in [0.1, 0.15) is 19.3 Å². The van der Waals surface area contributed by atoms with Crippen molar-refractivity contribution < 1.29 is 4.79 Å². The first kappa shape index (κ1) is 9.27. The Kier molecular flexibility index (Phi) is 2.54. The molecule has 0 spiro atoms. The first-order valence-electron chi connectivity index (χ1n) is 4.97. The molecule has 0 bridgehead atoms. The summed E-state index contributed by atoms with van der Waals surface area (Å²) in [7, 11) is 0. The predicted octanol–water partition coefficient (Wildman–Crippen LogP) is 0.286. The Morgan fingerprint density at radius 1 is 1.43 bits per heavy atom. The zero-order valence-corrected chi connectivity index (χ0v) is 8.12. The quantitative estimate of drug-likeness (QED) is 0.357. The molecule has 14 heavy (non-hydrogen) atoms. The van der Waals surface area contributed by atoms with E-state index in [-0.39, 0.29) is 5.91 Å². The monoisotopic (exact) mass is 193 g/mol. The van der Waals surface area contributed by atoms with Crippen LogP contribution in [-0.2, 0) is 4.79 Å². The number of piperidine rings is 1. The summed E-state index contributed by atoms with van der Waals surface area (Å²) < 4.78 is 0. The molecule has 0 radical (unpaired) electrons. The molecule has 1 fully saturated rings. The van der Waals surface area contributed by atoms with Gasteiger partial charge in [-0.15, -0.1) is 0 Å². The van der Waals surface area contributed by atoms with Crippen LogP contribution in [0.5, 0.6) is 0 Å². The molecule has 0 saturated carbocycles. The maximum Gasteiger partial charge on any atom is 0.262 e. The van der Waals surface area contributed by atoms with Gasteiger partial charge in [-0.2, -0.15) is 0 Å². The second-order valence-electron chi connectivity index (χ2n) is 3.70. The van der Waals surface area contributed by atoms with Gasteiger partial charge in [0.25, 0.3) is 5.91 Å². The van der Waals surface area contributed by atoms with Crippen molar-refractivity contribution in [2.45, 2.75) is 19.3 Å². The van der Waals surface area contributed by atoms with Crippen LogP contribution in [0.15, 0.2) is 23.4 Å². The average molecular weight is 193 g/mol. The molecule has 2 aliphatic rings. The molecule has 2 aliphatic heterocycles. The maximum atomic E-state index is 11.3. The number of nitrogens with zero attached hydrogens (tertiary/aromatic N) is 1. The fourth-order valence-electron chi connectivity index (χ4n) is 1.98. The maximum absolute atomic E-state index is 11.3. The van der Waals surface area contributed by atoms with Crippen LogP contribution in [-0.4, -0.2) is 23.9 Å². The standard InChI is InChI=1S/C10H15N3O/c11-12-10(14)8-4-5-9-3-1-2-6-13(9)7-8/h4-5H,1-3,6-7,11H2,(H,12,14). The highest BCUT2D eigenvalue weighted by Gasteiger charge is 2.21. The highest BCUT2D eigenvalue weighted by Crippen LogP contribution is 2.24. The van der Waals surface area contributed by atoms with Gasteiger partial charge < -0.3 is 4.90 Å². The van der Waals surface area contributed by atoms with Crippen LogP contribution in [0.2, 0.25) is 0 Å². The van der Waals surface area contributed by atoms with E-state index in [0.717, 1.165) is 18.5 Å². The molecule has 4 nitrogen and oxygen atoms in total. The second kappa shape index (κ2) is 3.84. The third kappa shape index (κ3) is 1.65. The zero-order valence-electron chi connectivity index (χ0n) is 8.12. The Morgan fingerprint density at radius 3 is 3.07 bits per heavy atom. The molecule has 4 heteroatoms. The number of nitrogens with two attached hydrogens (primary N) is 1. The van der Waals surface area contributed by atoms with Crippen LogP contribution in [0.3, 0.4) is 0 Å². The largest absolute Gasteiger partial charge is 0.370 e. The minimum atomic E-state index is -0.175. The summed E-state index contributed by atoms with van der Waals surface area (Å²) in [4.78, 5) is 13.5. The summed E-state index contributed by atoms with van der Waals surface area (Å²) in [5.41, 5.74) is 4.27. The van der Waals surface area contributed by atoms with E-state index in [1.807, 2.05) is 12.2 Å². The van der Waals surface area contributed by atoms with Crippen molar-refractivity contribution in [2.75, 3.05) is 13.1 Å². The van der Waals surface area contributed by atoms with Gasteiger partial charge >= 0.3 is 0 Å². The summed E-state index contributed by atoms with van der Waals surface area (Å²) in [6.07, 6.45) is 7.52. The minimum Gasteiger partial charge on any atom is -0.370 e. The van der Waals surface area contributed by atoms with Crippen LogP contribution >= 0.6 is 0 Å². The van der Waals surface area contributed by atoms with Gasteiger partial charge in [0.2, 0.25) is 0 Å². The molecule has 0 aromatic carbocycles. The van der Waals surface area contributed by atoms with Crippen molar-refractivity contribution in [3.05, 3.63) is 23.4 Å². The number of fused-ring (bicyclic) bond motifs is 1. The summed E-state index contributed by atoms with van der Waals surface area (Å²) in [6.45, 7) is 1.76. The lowest BCUT2D eigenvalue weighted by atomic mass is 10.0. The molecule has 3 N–H and O–H groups in total. The molecule has 2 heterocycles. The Labute approximate surface area is 83.4 Å². The van der Waals surface area contributed by atoms with Crippen molar-refractivity contribution in [1.29, 1.82) is 0 Å². The van der Waals surface area contributed by atoms with E-state index in [4.69, 9.17) is 5.84 Å². The van der Waals surface area contributed by atoms with Crippen molar-refractivity contribution in [1.82, 2.24) is 10.3 Å². The number of hydrazine groups is 1. The number of carbonyl (C=O) groups excluding carboxylic acids is 1. The first-order valence-corrected chi connectivity index (χ1v) is 4.97. The lowest BCUT2D eigenvalue weighted by molar-refractivity contribution is -0.117. The summed E-state index contributed by atoms with van der Waals surface area (Å²) in [5.74, 6) is 4.92. The molecule has 1 saturated heterocycles. The van der Waals surface area contributed by atoms with E-state index < -0.39 is 0 Å². The zero-order chi connectivity index (χ0) is 9.97. The SMILES string of the molecule is NNC(=O)C1=CC=C2CCCCN2C1. The van der Waals surface area contributed by atoms with Crippen LogP contribution < -0.4 is 11.3 Å². The number of nitrogens with one attached hydrogen (secondary N) is 1. The average Bonchev–Trinajstić information content (AvgIpc) is 2.27. The Morgan fingerprint density at radius 2 is 2.29 bits per heavy atom. The second-order valence-corrected chi connectivity index (χ2v) is 3.70. The molecule has 2 rings (SSSR count). The highest BCUT2D eigenvalue weighted by molar-refractivity contribution is 5.94. The predicted molar refractivity (Wildman–Crippen MR) is 53.9 cm³/mol. The number of amides is 1. The van der Waals surface area contributed by atoms with Gasteiger partial charge in [-0.3, -0.25) is 10.2 Å². The van der Waals surface area contributed by atoms with Crippen molar-refractivity contribution >= 4 is 5.91 Å². The van der Waals surface area contributed by atoms with Gasteiger partial charge in [-0.05, 0) is 31.4 Å². The smallest absolute Gasteiger partial charge is 0.262 e. The number of rotatable bonds is 1. The van der Waals surface area contributed by atoms with Gasteiger partial charge in [0.15, 0.2) is 0 Å². The molecule has 0 atom stereocenters. The van der Waals surface area contributed by atoms with E-state index in [2.05, 4.69) is 10.3 Å². The molecule has 0 aromatic rings. The number of allylic oxidation sites excluding steroid dienone is 3. The highest BCUT2D eigenvalue weighted by atomic mass is 16.2. The lowest BCUT2D eigenvalue weighted by Gasteiger charge is -2.34. The van der Waals surface area contributed by atoms with Crippen LogP contribution in [0.4, 0.5) is 0 Å². The molecule has 76 valence electrons. The lowest BCUT2D eigenvalue weighted by Crippen LogP contribution is -2.39. The van der Waals surface area contributed by atoms with Gasteiger partial charge in [-0.25, -0.2) is 5.84 Å². The Hall–Kier alpha value is -1.29. The van der Waals surface area contributed by atoms with Gasteiger partial charge in [0.1, 0.15) is 0 Å². The topological polar surface area (TPSA) is 58.4 Å². The summed E-state index contributed by atoms with van der Waals surface area (Å²) in [5, 5.41) is 0. The van der Waals surface area contributed by atoms with Crippen molar-refractivity contribution in [3.8, 4) is 0 Å². The molecule has 0 unspecified atom stereocenters. The van der Waals surface area contributed by atoms with Gasteiger partial charge in [-0.1, -0.05) is 0 Å². The summed E-state index contributed by atoms with van der Waals surface area (Å²) >= 11 is 0. The Bertz CT molecular complexity index is 306. The number of hydrogen-bond donors (Lipinski definition) is 2. The van der Waals surface area contributed by atoms with E-state index in [1.54, 1.807) is 0 Å². The molecule has 1 amide bonds. The normalized spacial score (nSPS) is 20.8. The first-order chi connectivity index (χ1) is 6.81. The van der Waals surface area contributed by atoms with E-state index >= 15 is 0 Å². The fraction of sp³-hybridized carbons (Fsp3) is 0.500. The fourth-order valence-corrected chi connectivity index (χ4v) is 1.98. The summed E-state index contributed by atoms with van der Waals surface area (Å²) in [6, 6.07) is 0. The third-order valence-corrected chi connectivity index (χ3v) is 2.78. The molecule has 0 aliphatic carbocycles. The van der Waals surface area contributed by atoms with Crippen LogP contribution in [0.25, 0.3) is 0 Å². The van der Waals surface area contributed by atoms with E-state index in [9.17, 15) is 4.79 Å².